The number of nitrogens with two attached hydrogens (primary N) is 1. The average molecular weight is 294 g/mol. The van der Waals surface area contributed by atoms with E-state index in [2.05, 4.69) is 17.2 Å². The van der Waals surface area contributed by atoms with Gasteiger partial charge in [-0.15, -0.1) is 0 Å². The van der Waals surface area contributed by atoms with Crippen molar-refractivity contribution in [2.24, 2.45) is 5.73 Å². The number of halogens is 1. The lowest BCUT2D eigenvalue weighted by atomic mass is 10.1. The number of hydrogen-bond acceptors (Lipinski definition) is 3. The highest BCUT2D eigenvalue weighted by molar-refractivity contribution is 7.98. The van der Waals surface area contributed by atoms with E-state index >= 15 is 0 Å². The highest BCUT2D eigenvalue weighted by Crippen LogP contribution is 2.11. The molecule has 0 aliphatic rings. The van der Waals surface area contributed by atoms with Crippen LogP contribution in [-0.4, -0.2) is 30.5 Å². The normalized spacial score (nSPS) is 11.4. The molecule has 3 nitrogen and oxygen atoms in total. The van der Waals surface area contributed by atoms with Crippen LogP contribution in [0.5, 0.6) is 0 Å². The quantitative estimate of drug-likeness (QED) is 0.817. The Bertz CT molecular complexity index is 522. The molecule has 1 aromatic rings. The molecule has 1 amide bonds. The van der Waals surface area contributed by atoms with Crippen LogP contribution < -0.4 is 11.1 Å². The SMILES string of the molecule is CCC(CSC)NC(=O)c1cc(C#CCN)ccc1F. The van der Waals surface area contributed by atoms with Gasteiger partial charge in [-0.25, -0.2) is 4.39 Å². The first-order chi connectivity index (χ1) is 9.62. The molecule has 0 saturated carbocycles. The van der Waals surface area contributed by atoms with Crippen molar-refractivity contribution in [3.63, 3.8) is 0 Å². The summed E-state index contributed by atoms with van der Waals surface area (Å²) in [6.07, 6.45) is 2.78. The van der Waals surface area contributed by atoms with Crippen LogP contribution in [0.15, 0.2) is 18.2 Å². The van der Waals surface area contributed by atoms with E-state index in [9.17, 15) is 9.18 Å². The van der Waals surface area contributed by atoms with Gasteiger partial charge in [-0.3, -0.25) is 4.79 Å². The third-order valence-corrected chi connectivity index (χ3v) is 3.48. The highest BCUT2D eigenvalue weighted by atomic mass is 32.2. The van der Waals surface area contributed by atoms with Crippen molar-refractivity contribution in [2.45, 2.75) is 19.4 Å². The lowest BCUT2D eigenvalue weighted by Crippen LogP contribution is -2.36. The number of amides is 1. The molecule has 0 aliphatic carbocycles. The zero-order chi connectivity index (χ0) is 15.0. The topological polar surface area (TPSA) is 55.1 Å². The molecule has 1 atom stereocenters. The smallest absolute Gasteiger partial charge is 0.254 e. The standard InChI is InChI=1S/C15H19FN2OS/c1-3-12(10-20-2)18-15(19)13-9-11(5-4-8-17)6-7-14(13)16/h6-7,9,12H,3,8,10,17H2,1-2H3,(H,18,19). The third-order valence-electron chi connectivity index (χ3n) is 2.74. The van der Waals surface area contributed by atoms with Gasteiger partial charge in [0.05, 0.1) is 12.1 Å². The monoisotopic (exact) mass is 294 g/mol. The molecule has 0 aliphatic heterocycles. The molecule has 0 bridgehead atoms. The molecular formula is C15H19FN2OS. The maximum absolute atomic E-state index is 13.7. The number of rotatable bonds is 5. The van der Waals surface area contributed by atoms with Crippen LogP contribution in [0.25, 0.3) is 0 Å². The molecule has 108 valence electrons. The second-order valence-corrected chi connectivity index (χ2v) is 5.15. The molecular weight excluding hydrogens is 275 g/mol. The van der Waals surface area contributed by atoms with Gasteiger partial charge in [0.2, 0.25) is 0 Å². The van der Waals surface area contributed by atoms with Gasteiger partial charge in [-0.05, 0) is 30.9 Å². The Kier molecular flexibility index (Phi) is 7.13. The molecule has 20 heavy (non-hydrogen) atoms. The zero-order valence-corrected chi connectivity index (χ0v) is 12.5. The van der Waals surface area contributed by atoms with E-state index in [1.165, 1.54) is 18.2 Å². The average Bonchev–Trinajstić information content (AvgIpc) is 2.45. The summed E-state index contributed by atoms with van der Waals surface area (Å²) < 4.78 is 13.7. The summed E-state index contributed by atoms with van der Waals surface area (Å²) in [4.78, 5) is 12.1. The molecule has 0 fully saturated rings. The van der Waals surface area contributed by atoms with Crippen molar-refractivity contribution >= 4 is 17.7 Å². The number of nitrogens with one attached hydrogen (secondary N) is 1. The largest absolute Gasteiger partial charge is 0.348 e. The minimum absolute atomic E-state index is 0.0216. The number of benzene rings is 1. The van der Waals surface area contributed by atoms with Crippen molar-refractivity contribution in [3.8, 4) is 11.8 Å². The molecule has 1 aromatic carbocycles. The van der Waals surface area contributed by atoms with Gasteiger partial charge in [0.25, 0.3) is 5.91 Å². The maximum atomic E-state index is 13.7. The van der Waals surface area contributed by atoms with E-state index in [4.69, 9.17) is 5.73 Å². The van der Waals surface area contributed by atoms with E-state index < -0.39 is 11.7 Å². The Hall–Kier alpha value is -1.51. The lowest BCUT2D eigenvalue weighted by Gasteiger charge is -2.16. The minimum Gasteiger partial charge on any atom is -0.348 e. The van der Waals surface area contributed by atoms with E-state index in [0.717, 1.165) is 12.2 Å². The van der Waals surface area contributed by atoms with Gasteiger partial charge in [0, 0.05) is 17.4 Å². The van der Waals surface area contributed by atoms with Crippen molar-refractivity contribution in [1.82, 2.24) is 5.32 Å². The summed E-state index contributed by atoms with van der Waals surface area (Å²) in [5.74, 6) is 5.33. The second kappa shape index (κ2) is 8.62. The first-order valence-electron chi connectivity index (χ1n) is 6.40. The summed E-state index contributed by atoms with van der Waals surface area (Å²) in [5.41, 5.74) is 5.90. The van der Waals surface area contributed by atoms with Gasteiger partial charge in [0.15, 0.2) is 0 Å². The fourth-order valence-electron chi connectivity index (χ4n) is 1.66. The number of carbonyl (C=O) groups is 1. The Morgan fingerprint density at radius 2 is 2.30 bits per heavy atom. The molecule has 3 N–H and O–H groups in total. The summed E-state index contributed by atoms with van der Waals surface area (Å²) in [5, 5.41) is 2.84. The summed E-state index contributed by atoms with van der Waals surface area (Å²) in [6.45, 7) is 2.21. The molecule has 5 heteroatoms. The first kappa shape index (κ1) is 16.5. The van der Waals surface area contributed by atoms with Crippen LogP contribution in [0.3, 0.4) is 0 Å². The molecule has 0 aromatic heterocycles. The Balaban J connectivity index is 2.91. The second-order valence-electron chi connectivity index (χ2n) is 4.23. The van der Waals surface area contributed by atoms with Crippen LogP contribution in [0.4, 0.5) is 4.39 Å². The van der Waals surface area contributed by atoms with E-state index in [0.29, 0.717) is 5.56 Å². The molecule has 0 radical (unpaired) electrons. The van der Waals surface area contributed by atoms with Crippen LogP contribution in [0, 0.1) is 17.7 Å². The van der Waals surface area contributed by atoms with E-state index in [1.807, 2.05) is 13.2 Å². The number of thioether (sulfide) groups is 1. The van der Waals surface area contributed by atoms with Gasteiger partial charge >= 0.3 is 0 Å². The van der Waals surface area contributed by atoms with Gasteiger partial charge in [-0.2, -0.15) is 11.8 Å². The molecule has 0 spiro atoms. The maximum Gasteiger partial charge on any atom is 0.254 e. The predicted octanol–water partition coefficient (Wildman–Crippen LogP) is 2.01. The highest BCUT2D eigenvalue weighted by Gasteiger charge is 2.15. The summed E-state index contributed by atoms with van der Waals surface area (Å²) in [7, 11) is 0. The van der Waals surface area contributed by atoms with Crippen molar-refractivity contribution in [1.29, 1.82) is 0 Å². The minimum atomic E-state index is -0.542. The Morgan fingerprint density at radius 1 is 1.55 bits per heavy atom. The Morgan fingerprint density at radius 3 is 2.90 bits per heavy atom. The fraction of sp³-hybridized carbons (Fsp3) is 0.400. The van der Waals surface area contributed by atoms with Crippen molar-refractivity contribution in [3.05, 3.63) is 35.1 Å². The van der Waals surface area contributed by atoms with Crippen molar-refractivity contribution in [2.75, 3.05) is 18.6 Å². The summed E-state index contributed by atoms with van der Waals surface area (Å²) in [6, 6.07) is 4.29. The number of hydrogen-bond donors (Lipinski definition) is 2. The van der Waals surface area contributed by atoms with Gasteiger partial charge in [-0.1, -0.05) is 18.8 Å². The zero-order valence-electron chi connectivity index (χ0n) is 11.7. The van der Waals surface area contributed by atoms with Crippen LogP contribution >= 0.6 is 11.8 Å². The van der Waals surface area contributed by atoms with Gasteiger partial charge < -0.3 is 11.1 Å². The fourth-order valence-corrected chi connectivity index (χ4v) is 2.38. The molecule has 0 saturated heterocycles. The Labute approximate surface area is 123 Å². The van der Waals surface area contributed by atoms with Gasteiger partial charge in [0.1, 0.15) is 5.82 Å². The molecule has 1 unspecified atom stereocenters. The summed E-state index contributed by atoms with van der Waals surface area (Å²) >= 11 is 1.65. The van der Waals surface area contributed by atoms with E-state index in [-0.39, 0.29) is 18.2 Å². The third kappa shape index (κ3) is 4.87. The van der Waals surface area contributed by atoms with Crippen LogP contribution in [-0.2, 0) is 0 Å². The van der Waals surface area contributed by atoms with Crippen LogP contribution in [0.2, 0.25) is 0 Å². The first-order valence-corrected chi connectivity index (χ1v) is 7.80. The van der Waals surface area contributed by atoms with Crippen molar-refractivity contribution < 1.29 is 9.18 Å². The van der Waals surface area contributed by atoms with Crippen LogP contribution in [0.1, 0.15) is 29.3 Å². The lowest BCUT2D eigenvalue weighted by molar-refractivity contribution is 0.0936. The molecule has 1 rings (SSSR count). The molecule has 0 heterocycles. The van der Waals surface area contributed by atoms with E-state index in [1.54, 1.807) is 11.8 Å². The predicted molar refractivity (Wildman–Crippen MR) is 82.3 cm³/mol. The number of carbonyl (C=O) groups excluding carboxylic acids is 1.